The minimum absolute atomic E-state index is 0.0401. The smallest absolute Gasteiger partial charge is 0.234 e. The monoisotopic (exact) mass is 516 g/mol. The van der Waals surface area contributed by atoms with Crippen LogP contribution in [0.25, 0.3) is 5.69 Å². The van der Waals surface area contributed by atoms with Crippen LogP contribution in [0.1, 0.15) is 18.9 Å². The number of thioether (sulfide) groups is 1. The van der Waals surface area contributed by atoms with E-state index in [1.54, 1.807) is 12.1 Å². The molecule has 0 aliphatic rings. The van der Waals surface area contributed by atoms with Crippen LogP contribution in [0.3, 0.4) is 0 Å². The molecule has 3 aromatic carbocycles. The number of halogens is 3. The first-order chi connectivity index (χ1) is 16.4. The van der Waals surface area contributed by atoms with Crippen LogP contribution in [0.15, 0.2) is 78.0 Å². The Hall–Kier alpha value is -3.07. The molecule has 1 amide bonds. The van der Waals surface area contributed by atoms with Gasteiger partial charge in [-0.2, -0.15) is 0 Å². The van der Waals surface area contributed by atoms with Crippen LogP contribution in [0, 0.1) is 5.82 Å². The van der Waals surface area contributed by atoms with Crippen molar-refractivity contribution in [2.75, 3.05) is 11.1 Å². The van der Waals surface area contributed by atoms with Crippen molar-refractivity contribution in [3.63, 3.8) is 0 Å². The quantitative estimate of drug-likeness (QED) is 0.267. The minimum atomic E-state index is -0.478. The normalized spacial score (nSPS) is 11.8. The third-order valence-electron chi connectivity index (χ3n) is 4.71. The van der Waals surface area contributed by atoms with Gasteiger partial charge in [-0.15, -0.1) is 10.2 Å². The number of hydrogen-bond acceptors (Lipinski definition) is 5. The van der Waals surface area contributed by atoms with Gasteiger partial charge in [-0.25, -0.2) is 4.39 Å². The van der Waals surface area contributed by atoms with Crippen molar-refractivity contribution in [3.05, 3.63) is 94.5 Å². The Morgan fingerprint density at radius 1 is 1.06 bits per heavy atom. The number of para-hydroxylation sites is 2. The molecule has 0 spiro atoms. The number of rotatable bonds is 8. The van der Waals surface area contributed by atoms with E-state index in [2.05, 4.69) is 15.5 Å². The first-order valence-corrected chi connectivity index (χ1v) is 12.0. The number of nitrogens with one attached hydrogen (secondary N) is 1. The third kappa shape index (κ3) is 5.70. The van der Waals surface area contributed by atoms with Gasteiger partial charge in [-0.05, 0) is 49.4 Å². The summed E-state index contributed by atoms with van der Waals surface area (Å²) in [7, 11) is 0. The predicted octanol–water partition coefficient (Wildman–Crippen LogP) is 6.58. The third-order valence-corrected chi connectivity index (χ3v) is 6.27. The summed E-state index contributed by atoms with van der Waals surface area (Å²) in [4.78, 5) is 12.5. The molecule has 1 N–H and O–H groups in total. The fraction of sp³-hybridized carbons (Fsp3) is 0.125. The summed E-state index contributed by atoms with van der Waals surface area (Å²) in [6, 6.07) is 20.5. The highest BCUT2D eigenvalue weighted by molar-refractivity contribution is 7.99. The van der Waals surface area contributed by atoms with Crippen LogP contribution >= 0.6 is 35.0 Å². The number of ether oxygens (including phenoxy) is 1. The number of nitrogens with zero attached hydrogens (tertiary/aromatic N) is 3. The van der Waals surface area contributed by atoms with Gasteiger partial charge >= 0.3 is 0 Å². The number of hydrogen-bond donors (Lipinski definition) is 1. The standard InChI is InChI=1S/C24H19Cl2FN4O2S/c1-15(33-21-10-6-5-9-18(21)25)23-29-30-24(31(23)17-7-3-2-4-8-17)34-14-22(32)28-20-12-11-16(27)13-19(20)26/h2-13,15H,14H2,1H3,(H,28,32). The maximum absolute atomic E-state index is 13.3. The molecule has 0 saturated heterocycles. The lowest BCUT2D eigenvalue weighted by Gasteiger charge is -2.17. The molecule has 0 fully saturated rings. The maximum Gasteiger partial charge on any atom is 0.234 e. The van der Waals surface area contributed by atoms with Crippen molar-refractivity contribution in [3.8, 4) is 11.4 Å². The summed E-state index contributed by atoms with van der Waals surface area (Å²) in [5, 5.41) is 12.4. The van der Waals surface area contributed by atoms with E-state index in [0.29, 0.717) is 27.4 Å². The zero-order valence-corrected chi connectivity index (χ0v) is 20.2. The van der Waals surface area contributed by atoms with E-state index >= 15 is 0 Å². The molecule has 0 aliphatic carbocycles. The minimum Gasteiger partial charge on any atom is -0.481 e. The van der Waals surface area contributed by atoms with Crippen LogP contribution in [-0.2, 0) is 4.79 Å². The largest absolute Gasteiger partial charge is 0.481 e. The second-order valence-electron chi connectivity index (χ2n) is 7.16. The highest BCUT2D eigenvalue weighted by Gasteiger charge is 2.22. The van der Waals surface area contributed by atoms with Crippen LogP contribution in [0.2, 0.25) is 10.0 Å². The average Bonchev–Trinajstić information content (AvgIpc) is 3.26. The molecule has 0 aliphatic heterocycles. The molecular weight excluding hydrogens is 498 g/mol. The molecule has 1 atom stereocenters. The predicted molar refractivity (Wildman–Crippen MR) is 133 cm³/mol. The first kappa shape index (κ1) is 24.1. The van der Waals surface area contributed by atoms with Crippen molar-refractivity contribution in [2.24, 2.45) is 0 Å². The van der Waals surface area contributed by atoms with Crippen molar-refractivity contribution >= 4 is 46.6 Å². The number of carbonyl (C=O) groups excluding carboxylic acids is 1. The topological polar surface area (TPSA) is 69.0 Å². The summed E-state index contributed by atoms with van der Waals surface area (Å²) in [5.41, 5.74) is 1.15. The Kier molecular flexibility index (Phi) is 7.72. The van der Waals surface area contributed by atoms with Gasteiger partial charge in [0.1, 0.15) is 11.6 Å². The van der Waals surface area contributed by atoms with Crippen molar-refractivity contribution in [2.45, 2.75) is 18.2 Å². The second-order valence-corrected chi connectivity index (χ2v) is 8.92. The summed E-state index contributed by atoms with van der Waals surface area (Å²) in [6.45, 7) is 1.85. The van der Waals surface area contributed by atoms with E-state index in [4.69, 9.17) is 27.9 Å². The van der Waals surface area contributed by atoms with E-state index in [1.165, 1.54) is 23.9 Å². The molecular formula is C24H19Cl2FN4O2S. The van der Waals surface area contributed by atoms with Gasteiger partial charge in [0.2, 0.25) is 5.91 Å². The molecule has 0 radical (unpaired) electrons. The van der Waals surface area contributed by atoms with Crippen molar-refractivity contribution in [1.29, 1.82) is 0 Å². The second kappa shape index (κ2) is 10.9. The maximum atomic E-state index is 13.3. The SMILES string of the molecule is CC(Oc1ccccc1Cl)c1nnc(SCC(=O)Nc2ccc(F)cc2Cl)n1-c1ccccc1. The summed E-state index contributed by atoms with van der Waals surface area (Å²) < 4.78 is 21.1. The fourth-order valence-corrected chi connectivity index (χ4v) is 4.30. The molecule has 1 unspecified atom stereocenters. The van der Waals surface area contributed by atoms with E-state index in [0.717, 1.165) is 11.8 Å². The molecule has 4 aromatic rings. The van der Waals surface area contributed by atoms with Crippen molar-refractivity contribution < 1.29 is 13.9 Å². The average molecular weight is 517 g/mol. The van der Waals surface area contributed by atoms with Gasteiger partial charge < -0.3 is 10.1 Å². The Bertz CT molecular complexity index is 1300. The molecule has 1 aromatic heterocycles. The molecule has 34 heavy (non-hydrogen) atoms. The highest BCUT2D eigenvalue weighted by Crippen LogP contribution is 2.31. The van der Waals surface area contributed by atoms with Gasteiger partial charge in [0.15, 0.2) is 17.1 Å². The van der Waals surface area contributed by atoms with Gasteiger partial charge in [0.25, 0.3) is 0 Å². The first-order valence-electron chi connectivity index (χ1n) is 10.2. The Morgan fingerprint density at radius 2 is 1.79 bits per heavy atom. The van der Waals surface area contributed by atoms with Crippen LogP contribution in [0.5, 0.6) is 5.75 Å². The number of aromatic nitrogens is 3. The zero-order chi connectivity index (χ0) is 24.1. The van der Waals surface area contributed by atoms with E-state index in [1.807, 2.05) is 54.0 Å². The van der Waals surface area contributed by atoms with E-state index < -0.39 is 11.9 Å². The van der Waals surface area contributed by atoms with Crippen LogP contribution in [0.4, 0.5) is 10.1 Å². The lowest BCUT2D eigenvalue weighted by Crippen LogP contribution is -2.15. The van der Waals surface area contributed by atoms with Gasteiger partial charge in [0, 0.05) is 5.69 Å². The number of carbonyl (C=O) groups is 1. The van der Waals surface area contributed by atoms with E-state index in [-0.39, 0.29) is 16.7 Å². The van der Waals surface area contributed by atoms with Gasteiger partial charge in [-0.3, -0.25) is 9.36 Å². The number of amides is 1. The van der Waals surface area contributed by atoms with Crippen LogP contribution in [-0.4, -0.2) is 26.4 Å². The molecule has 1 heterocycles. The molecule has 0 bridgehead atoms. The summed E-state index contributed by atoms with van der Waals surface area (Å²) in [6.07, 6.45) is -0.478. The molecule has 4 rings (SSSR count). The lowest BCUT2D eigenvalue weighted by molar-refractivity contribution is -0.113. The van der Waals surface area contributed by atoms with Crippen molar-refractivity contribution in [1.82, 2.24) is 14.8 Å². The molecule has 6 nitrogen and oxygen atoms in total. The zero-order valence-electron chi connectivity index (χ0n) is 17.9. The Labute approximate surface area is 210 Å². The molecule has 174 valence electrons. The Balaban J connectivity index is 1.55. The van der Waals surface area contributed by atoms with Crippen LogP contribution < -0.4 is 10.1 Å². The molecule has 10 heteroatoms. The summed E-state index contributed by atoms with van der Waals surface area (Å²) >= 11 is 13.4. The lowest BCUT2D eigenvalue weighted by atomic mass is 10.3. The highest BCUT2D eigenvalue weighted by atomic mass is 35.5. The van der Waals surface area contributed by atoms with Gasteiger partial charge in [-0.1, -0.05) is 65.3 Å². The Morgan fingerprint density at radius 3 is 2.53 bits per heavy atom. The van der Waals surface area contributed by atoms with Gasteiger partial charge in [0.05, 0.1) is 21.5 Å². The molecule has 0 saturated carbocycles. The fourth-order valence-electron chi connectivity index (χ4n) is 3.15. The summed E-state index contributed by atoms with van der Waals surface area (Å²) in [5.74, 6) is 0.329. The number of anilines is 1. The van der Waals surface area contributed by atoms with E-state index in [9.17, 15) is 9.18 Å². The number of benzene rings is 3.